The number of aliphatic carboxylic acids is 1. The summed E-state index contributed by atoms with van der Waals surface area (Å²) in [6.07, 6.45) is 5.41. The quantitative estimate of drug-likeness (QED) is 0.552. The lowest BCUT2D eigenvalue weighted by atomic mass is 10.2. The molecule has 0 aliphatic heterocycles. The zero-order valence-electron chi connectivity index (χ0n) is 11.1. The summed E-state index contributed by atoms with van der Waals surface area (Å²) in [6.45, 7) is 5.13. The fourth-order valence-corrected chi connectivity index (χ4v) is 2.42. The van der Waals surface area contributed by atoms with E-state index in [1.807, 2.05) is 0 Å². The van der Waals surface area contributed by atoms with Gasteiger partial charge < -0.3 is 9.67 Å². The van der Waals surface area contributed by atoms with Crippen LogP contribution < -0.4 is 0 Å². The van der Waals surface area contributed by atoms with Crippen molar-refractivity contribution in [3.05, 3.63) is 5.82 Å². The number of hydrogen-bond donors (Lipinski definition) is 1. The molecule has 5 nitrogen and oxygen atoms in total. The molecule has 1 aromatic heterocycles. The van der Waals surface area contributed by atoms with Crippen molar-refractivity contribution in [1.82, 2.24) is 14.8 Å². The molecule has 0 atom stereocenters. The number of aryl methyl sites for hydroxylation is 1. The number of rotatable bonds is 9. The topological polar surface area (TPSA) is 68.0 Å². The molecule has 0 bridgehead atoms. The summed E-state index contributed by atoms with van der Waals surface area (Å²) >= 11 is 1.24. The van der Waals surface area contributed by atoms with E-state index >= 15 is 0 Å². The molecule has 102 valence electrons. The molecule has 0 aliphatic carbocycles. The van der Waals surface area contributed by atoms with E-state index in [2.05, 4.69) is 28.6 Å². The van der Waals surface area contributed by atoms with Crippen molar-refractivity contribution in [3.8, 4) is 0 Å². The maximum Gasteiger partial charge on any atom is 0.313 e. The molecular formula is C12H21N3O2S. The molecule has 0 aromatic carbocycles. The Hall–Kier alpha value is -1.04. The van der Waals surface area contributed by atoms with Crippen LogP contribution in [0.4, 0.5) is 0 Å². The predicted octanol–water partition coefficient (Wildman–Crippen LogP) is 2.60. The Kier molecular flexibility index (Phi) is 6.78. The number of carbonyl (C=O) groups is 1. The van der Waals surface area contributed by atoms with Crippen molar-refractivity contribution >= 4 is 17.7 Å². The molecule has 0 spiro atoms. The molecule has 0 saturated heterocycles. The highest BCUT2D eigenvalue weighted by atomic mass is 32.2. The fourth-order valence-electron chi connectivity index (χ4n) is 1.72. The largest absolute Gasteiger partial charge is 0.481 e. The zero-order chi connectivity index (χ0) is 13.4. The minimum atomic E-state index is -0.821. The third-order valence-corrected chi connectivity index (χ3v) is 3.52. The Morgan fingerprint density at radius 2 is 2.06 bits per heavy atom. The Balaban J connectivity index is 2.68. The Bertz CT molecular complexity index is 379. The number of thioether (sulfide) groups is 1. The third-order valence-electron chi connectivity index (χ3n) is 2.57. The highest BCUT2D eigenvalue weighted by Crippen LogP contribution is 2.18. The minimum Gasteiger partial charge on any atom is -0.481 e. The number of carboxylic acids is 1. The average Bonchev–Trinajstić information content (AvgIpc) is 2.71. The summed E-state index contributed by atoms with van der Waals surface area (Å²) in [4.78, 5) is 10.6. The Morgan fingerprint density at radius 3 is 2.67 bits per heavy atom. The van der Waals surface area contributed by atoms with E-state index in [1.54, 1.807) is 0 Å². The van der Waals surface area contributed by atoms with E-state index in [-0.39, 0.29) is 5.75 Å². The first-order chi connectivity index (χ1) is 8.69. The van der Waals surface area contributed by atoms with Crippen molar-refractivity contribution < 1.29 is 9.90 Å². The second kappa shape index (κ2) is 8.13. The standard InChI is InChI=1S/C12H21N3O2S/c1-3-5-6-7-10-13-14-12(15(10)8-4-2)18-9-11(16)17/h3-9H2,1-2H3,(H,16,17). The summed E-state index contributed by atoms with van der Waals surface area (Å²) < 4.78 is 2.06. The molecule has 0 unspecified atom stereocenters. The molecule has 0 amide bonds. The van der Waals surface area contributed by atoms with Gasteiger partial charge in [-0.3, -0.25) is 4.79 Å². The number of aromatic nitrogens is 3. The number of unbranched alkanes of at least 4 members (excludes halogenated alkanes) is 2. The molecule has 6 heteroatoms. The van der Waals surface area contributed by atoms with Gasteiger partial charge in [0.15, 0.2) is 5.16 Å². The predicted molar refractivity (Wildman–Crippen MR) is 71.9 cm³/mol. The number of hydrogen-bond acceptors (Lipinski definition) is 4. The van der Waals surface area contributed by atoms with E-state index in [9.17, 15) is 4.79 Å². The van der Waals surface area contributed by atoms with Crippen molar-refractivity contribution in [2.24, 2.45) is 0 Å². The van der Waals surface area contributed by atoms with Gasteiger partial charge in [-0.1, -0.05) is 38.5 Å². The Labute approximate surface area is 112 Å². The van der Waals surface area contributed by atoms with E-state index < -0.39 is 5.97 Å². The Morgan fingerprint density at radius 1 is 1.28 bits per heavy atom. The second-order valence-electron chi connectivity index (χ2n) is 4.19. The van der Waals surface area contributed by atoms with Crippen LogP contribution in [-0.4, -0.2) is 31.6 Å². The van der Waals surface area contributed by atoms with Gasteiger partial charge in [-0.15, -0.1) is 10.2 Å². The molecule has 1 aromatic rings. The van der Waals surface area contributed by atoms with E-state index in [4.69, 9.17) is 5.11 Å². The SMILES string of the molecule is CCCCCc1nnc(SCC(=O)O)n1CCC. The van der Waals surface area contributed by atoms with Gasteiger partial charge in [0.25, 0.3) is 0 Å². The van der Waals surface area contributed by atoms with E-state index in [0.717, 1.165) is 36.8 Å². The maximum atomic E-state index is 10.6. The van der Waals surface area contributed by atoms with Crippen LogP contribution in [0.1, 0.15) is 45.4 Å². The van der Waals surface area contributed by atoms with Crippen molar-refractivity contribution in [1.29, 1.82) is 0 Å². The summed E-state index contributed by atoms with van der Waals surface area (Å²) in [5.41, 5.74) is 0. The van der Waals surface area contributed by atoms with Crippen molar-refractivity contribution in [2.45, 2.75) is 57.7 Å². The maximum absolute atomic E-state index is 10.6. The van der Waals surface area contributed by atoms with Crippen molar-refractivity contribution in [2.75, 3.05) is 5.75 Å². The fraction of sp³-hybridized carbons (Fsp3) is 0.750. The average molecular weight is 271 g/mol. The van der Waals surface area contributed by atoms with E-state index in [0.29, 0.717) is 0 Å². The van der Waals surface area contributed by atoms with Crippen LogP contribution >= 0.6 is 11.8 Å². The van der Waals surface area contributed by atoms with Crippen LogP contribution in [0.25, 0.3) is 0 Å². The van der Waals surface area contributed by atoms with Gasteiger partial charge in [-0.05, 0) is 12.8 Å². The molecule has 0 saturated carbocycles. The molecular weight excluding hydrogens is 250 g/mol. The van der Waals surface area contributed by atoms with Gasteiger partial charge in [-0.25, -0.2) is 0 Å². The molecule has 18 heavy (non-hydrogen) atoms. The van der Waals surface area contributed by atoms with Crippen LogP contribution in [0.15, 0.2) is 5.16 Å². The summed E-state index contributed by atoms with van der Waals surface area (Å²) in [5.74, 6) is 0.202. The van der Waals surface area contributed by atoms with E-state index in [1.165, 1.54) is 24.6 Å². The smallest absolute Gasteiger partial charge is 0.313 e. The number of nitrogens with zero attached hydrogens (tertiary/aromatic N) is 3. The van der Waals surface area contributed by atoms with Gasteiger partial charge in [0.1, 0.15) is 5.82 Å². The van der Waals surface area contributed by atoms with Crippen LogP contribution in [0.2, 0.25) is 0 Å². The monoisotopic (exact) mass is 271 g/mol. The highest BCUT2D eigenvalue weighted by Gasteiger charge is 2.12. The van der Waals surface area contributed by atoms with Crippen LogP contribution in [0.3, 0.4) is 0 Å². The lowest BCUT2D eigenvalue weighted by Crippen LogP contribution is -2.06. The molecule has 0 radical (unpaired) electrons. The first-order valence-electron chi connectivity index (χ1n) is 6.45. The summed E-state index contributed by atoms with van der Waals surface area (Å²) in [5, 5.41) is 17.7. The van der Waals surface area contributed by atoms with Gasteiger partial charge in [0.05, 0.1) is 5.75 Å². The molecule has 1 N–H and O–H groups in total. The van der Waals surface area contributed by atoms with Gasteiger partial charge in [-0.2, -0.15) is 0 Å². The minimum absolute atomic E-state index is 0.0385. The normalized spacial score (nSPS) is 10.8. The van der Waals surface area contributed by atoms with Crippen LogP contribution in [0, 0.1) is 0 Å². The number of carboxylic acid groups (broad SMARTS) is 1. The molecule has 1 rings (SSSR count). The van der Waals surface area contributed by atoms with Crippen LogP contribution in [0.5, 0.6) is 0 Å². The van der Waals surface area contributed by atoms with Gasteiger partial charge >= 0.3 is 5.97 Å². The molecule has 0 fully saturated rings. The lowest BCUT2D eigenvalue weighted by Gasteiger charge is -2.07. The third kappa shape index (κ3) is 4.68. The zero-order valence-corrected chi connectivity index (χ0v) is 11.9. The highest BCUT2D eigenvalue weighted by molar-refractivity contribution is 7.99. The van der Waals surface area contributed by atoms with Crippen LogP contribution in [-0.2, 0) is 17.8 Å². The first kappa shape index (κ1) is 15.0. The molecule has 0 aliphatic rings. The summed E-state index contributed by atoms with van der Waals surface area (Å²) in [6, 6.07) is 0. The second-order valence-corrected chi connectivity index (χ2v) is 5.13. The van der Waals surface area contributed by atoms with Crippen molar-refractivity contribution in [3.63, 3.8) is 0 Å². The lowest BCUT2D eigenvalue weighted by molar-refractivity contribution is -0.133. The molecule has 1 heterocycles. The van der Waals surface area contributed by atoms with Gasteiger partial charge in [0, 0.05) is 13.0 Å². The van der Waals surface area contributed by atoms with Gasteiger partial charge in [0.2, 0.25) is 0 Å². The first-order valence-corrected chi connectivity index (χ1v) is 7.44. The summed E-state index contributed by atoms with van der Waals surface area (Å²) in [7, 11) is 0.